The molecule has 2 unspecified atom stereocenters. The molecule has 0 aromatic rings. The Labute approximate surface area is 188 Å². The molecule has 0 aromatic carbocycles. The molecule has 0 amide bonds. The van der Waals surface area contributed by atoms with Gasteiger partial charge in [-0.1, -0.05) is 40.2 Å². The molecule has 0 saturated heterocycles. The molecule has 0 heterocycles. The van der Waals surface area contributed by atoms with Crippen molar-refractivity contribution < 1.29 is 14.7 Å². The summed E-state index contributed by atoms with van der Waals surface area (Å²) in [5.41, 5.74) is 3.06. The van der Waals surface area contributed by atoms with Crippen molar-refractivity contribution in [1.82, 2.24) is 0 Å². The summed E-state index contributed by atoms with van der Waals surface area (Å²) in [7, 11) is 0. The van der Waals surface area contributed by atoms with Crippen LogP contribution in [0.2, 0.25) is 0 Å². The number of rotatable bonds is 0. The molecular formula is C28H42O3. The Morgan fingerprint density at radius 3 is 2.26 bits per heavy atom. The number of ketones is 2. The molecule has 5 aliphatic carbocycles. The Kier molecular flexibility index (Phi) is 4.62. The normalized spacial score (nSPS) is 54.6. The first-order chi connectivity index (χ1) is 14.4. The number of hydrogen-bond acceptors (Lipinski definition) is 3. The fourth-order valence-electron chi connectivity index (χ4n) is 9.98. The fraction of sp³-hybridized carbons (Fsp3) is 0.857. The average molecular weight is 427 g/mol. The van der Waals surface area contributed by atoms with Crippen LogP contribution < -0.4 is 0 Å². The van der Waals surface area contributed by atoms with Gasteiger partial charge in [-0.05, 0) is 103 Å². The smallest absolute Gasteiger partial charge is 0.186 e. The number of hydrogen-bond donors (Lipinski definition) is 1. The maximum atomic E-state index is 12.7. The second-order valence-electron chi connectivity index (χ2n) is 13.2. The van der Waals surface area contributed by atoms with Crippen molar-refractivity contribution >= 4 is 11.6 Å². The van der Waals surface area contributed by atoms with E-state index >= 15 is 0 Å². The Bertz CT molecular complexity index is 871. The van der Waals surface area contributed by atoms with E-state index in [2.05, 4.69) is 34.6 Å². The SMILES string of the molecule is CC1=C2CCC3[C@@](C)(CC[C@@]4(C)[C@@H]5C[C@@H](C)C(=O)C[C@]5(C)CC[C@]34C)C2C[C@H](O)C1=O. The van der Waals surface area contributed by atoms with Crippen LogP contribution in [0.15, 0.2) is 11.1 Å². The van der Waals surface area contributed by atoms with Crippen molar-refractivity contribution in [3.05, 3.63) is 11.1 Å². The van der Waals surface area contributed by atoms with E-state index in [4.69, 9.17) is 0 Å². The van der Waals surface area contributed by atoms with Crippen LogP contribution in [0.3, 0.4) is 0 Å². The van der Waals surface area contributed by atoms with Crippen LogP contribution in [-0.4, -0.2) is 22.8 Å². The lowest BCUT2D eigenvalue weighted by Gasteiger charge is -2.72. The molecule has 0 spiro atoms. The number of fused-ring (bicyclic) bond motifs is 7. The number of aliphatic hydroxyl groups is 1. The summed E-state index contributed by atoms with van der Waals surface area (Å²) >= 11 is 0. The zero-order valence-electron chi connectivity index (χ0n) is 20.5. The van der Waals surface area contributed by atoms with E-state index in [9.17, 15) is 14.7 Å². The number of carbonyl (C=O) groups excluding carboxylic acids is 2. The molecule has 3 heteroatoms. The molecule has 4 fully saturated rings. The van der Waals surface area contributed by atoms with Crippen LogP contribution in [0.4, 0.5) is 0 Å². The molecule has 9 atom stereocenters. The lowest BCUT2D eigenvalue weighted by Crippen LogP contribution is -2.66. The number of carbonyl (C=O) groups is 2. The summed E-state index contributed by atoms with van der Waals surface area (Å²) in [6.07, 6.45) is 8.62. The molecular weight excluding hydrogens is 384 g/mol. The van der Waals surface area contributed by atoms with E-state index in [1.54, 1.807) is 0 Å². The summed E-state index contributed by atoms with van der Waals surface area (Å²) in [5, 5.41) is 10.6. The van der Waals surface area contributed by atoms with Gasteiger partial charge in [0, 0.05) is 12.3 Å². The van der Waals surface area contributed by atoms with Crippen molar-refractivity contribution in [3.8, 4) is 0 Å². The molecule has 0 aromatic heterocycles. The van der Waals surface area contributed by atoms with Gasteiger partial charge in [0.1, 0.15) is 11.9 Å². The Balaban J connectivity index is 1.56. The Hall–Kier alpha value is -0.960. The lowest BCUT2D eigenvalue weighted by molar-refractivity contribution is -0.226. The molecule has 5 rings (SSSR count). The first-order valence-corrected chi connectivity index (χ1v) is 12.8. The van der Waals surface area contributed by atoms with Crippen LogP contribution >= 0.6 is 0 Å². The highest BCUT2D eigenvalue weighted by Gasteiger charge is 2.69. The van der Waals surface area contributed by atoms with Gasteiger partial charge in [-0.25, -0.2) is 0 Å². The third-order valence-corrected chi connectivity index (χ3v) is 12.1. The highest BCUT2D eigenvalue weighted by Crippen LogP contribution is 2.76. The topological polar surface area (TPSA) is 54.4 Å². The predicted molar refractivity (Wildman–Crippen MR) is 122 cm³/mol. The van der Waals surface area contributed by atoms with Crippen LogP contribution in [0.5, 0.6) is 0 Å². The molecule has 5 aliphatic rings. The molecule has 0 radical (unpaired) electrons. The van der Waals surface area contributed by atoms with Crippen molar-refractivity contribution in [2.24, 2.45) is 45.3 Å². The Morgan fingerprint density at radius 1 is 0.903 bits per heavy atom. The van der Waals surface area contributed by atoms with Gasteiger partial charge < -0.3 is 5.11 Å². The van der Waals surface area contributed by atoms with Gasteiger partial charge in [0.25, 0.3) is 0 Å². The fourth-order valence-corrected chi connectivity index (χ4v) is 9.98. The minimum Gasteiger partial charge on any atom is -0.385 e. The van der Waals surface area contributed by atoms with Crippen molar-refractivity contribution in [3.63, 3.8) is 0 Å². The average Bonchev–Trinajstić information content (AvgIpc) is 2.71. The molecule has 0 aliphatic heterocycles. The zero-order valence-corrected chi connectivity index (χ0v) is 20.5. The van der Waals surface area contributed by atoms with E-state index < -0.39 is 6.10 Å². The summed E-state index contributed by atoms with van der Waals surface area (Å²) in [5.74, 6) is 2.24. The van der Waals surface area contributed by atoms with E-state index in [1.165, 1.54) is 37.7 Å². The predicted octanol–water partition coefficient (Wildman–Crippen LogP) is 5.89. The van der Waals surface area contributed by atoms with Gasteiger partial charge in [0.05, 0.1) is 0 Å². The van der Waals surface area contributed by atoms with Crippen LogP contribution in [0, 0.1) is 45.3 Å². The maximum absolute atomic E-state index is 12.7. The minimum absolute atomic E-state index is 0.0329. The number of allylic oxidation sites excluding steroid dienone is 1. The second-order valence-corrected chi connectivity index (χ2v) is 13.2. The molecule has 0 bridgehead atoms. The van der Waals surface area contributed by atoms with Gasteiger partial charge >= 0.3 is 0 Å². The summed E-state index contributed by atoms with van der Waals surface area (Å²) in [6.45, 7) is 14.2. The van der Waals surface area contributed by atoms with Gasteiger partial charge in [0.15, 0.2) is 5.78 Å². The largest absolute Gasteiger partial charge is 0.385 e. The highest BCUT2D eigenvalue weighted by molar-refractivity contribution is 5.99. The van der Waals surface area contributed by atoms with Crippen LogP contribution in [-0.2, 0) is 9.59 Å². The lowest BCUT2D eigenvalue weighted by atomic mass is 9.32. The summed E-state index contributed by atoms with van der Waals surface area (Å²) in [4.78, 5) is 25.2. The van der Waals surface area contributed by atoms with Gasteiger partial charge in [-0.15, -0.1) is 0 Å². The van der Waals surface area contributed by atoms with E-state index in [0.29, 0.717) is 30.0 Å². The number of aliphatic hydroxyl groups excluding tert-OH is 1. The van der Waals surface area contributed by atoms with Crippen LogP contribution in [0.1, 0.15) is 99.3 Å². The quantitative estimate of drug-likeness (QED) is 0.525. The molecule has 3 nitrogen and oxygen atoms in total. The van der Waals surface area contributed by atoms with Crippen molar-refractivity contribution in [1.29, 1.82) is 0 Å². The minimum atomic E-state index is -0.815. The monoisotopic (exact) mass is 426 g/mol. The molecule has 31 heavy (non-hydrogen) atoms. The zero-order chi connectivity index (χ0) is 22.6. The van der Waals surface area contributed by atoms with Crippen molar-refractivity contribution in [2.75, 3.05) is 0 Å². The molecule has 1 N–H and O–H groups in total. The third-order valence-electron chi connectivity index (χ3n) is 12.1. The summed E-state index contributed by atoms with van der Waals surface area (Å²) < 4.78 is 0. The summed E-state index contributed by atoms with van der Waals surface area (Å²) in [6, 6.07) is 0. The van der Waals surface area contributed by atoms with E-state index in [0.717, 1.165) is 24.8 Å². The highest BCUT2D eigenvalue weighted by atomic mass is 16.3. The van der Waals surface area contributed by atoms with Crippen molar-refractivity contribution in [2.45, 2.75) is 105 Å². The molecule has 172 valence electrons. The second kappa shape index (κ2) is 6.55. The third kappa shape index (κ3) is 2.62. The van der Waals surface area contributed by atoms with E-state index in [1.807, 2.05) is 6.92 Å². The van der Waals surface area contributed by atoms with Gasteiger partial charge in [0.2, 0.25) is 0 Å². The first kappa shape index (κ1) is 21.9. The van der Waals surface area contributed by atoms with E-state index in [-0.39, 0.29) is 33.4 Å². The van der Waals surface area contributed by atoms with Gasteiger partial charge in [-0.3, -0.25) is 9.59 Å². The first-order valence-electron chi connectivity index (χ1n) is 12.8. The molecule has 4 saturated carbocycles. The number of Topliss-reactive ketones (excluding diaryl/α,β-unsaturated/α-hetero) is 2. The van der Waals surface area contributed by atoms with Gasteiger partial charge in [-0.2, -0.15) is 0 Å². The Morgan fingerprint density at radius 2 is 1.55 bits per heavy atom. The standard InChI is InChI=1S/C28H42O3/c1-16-13-23-25(3,15-21(16)30)9-11-27(5)22-8-7-18-17(2)24(31)20(29)14-19(18)26(22,4)10-12-28(23,27)6/h16,19-20,22-23,29H,7-15H2,1-6H3/t16-,19?,20+,22?,23-,25+,26+,27-,28+/m1/s1. The van der Waals surface area contributed by atoms with Crippen LogP contribution in [0.25, 0.3) is 0 Å². The maximum Gasteiger partial charge on any atom is 0.186 e.